The molecule has 0 saturated heterocycles. The summed E-state index contributed by atoms with van der Waals surface area (Å²) in [5.41, 5.74) is 1.84. The molecule has 130 valence electrons. The van der Waals surface area contributed by atoms with Gasteiger partial charge in [-0.1, -0.05) is 27.5 Å². The van der Waals surface area contributed by atoms with E-state index in [2.05, 4.69) is 21.2 Å². The summed E-state index contributed by atoms with van der Waals surface area (Å²) in [5.74, 6) is 0.718. The summed E-state index contributed by atoms with van der Waals surface area (Å²) in [6.07, 6.45) is 0. The molecule has 0 fully saturated rings. The highest BCUT2D eigenvalue weighted by molar-refractivity contribution is 9.10. The molecule has 0 bridgehead atoms. The fraction of sp³-hybridized carbons (Fsp3) is 0.167. The summed E-state index contributed by atoms with van der Waals surface area (Å²) in [6, 6.07) is 8.78. The summed E-state index contributed by atoms with van der Waals surface area (Å²) in [5, 5.41) is 4.05. The third-order valence-corrected chi connectivity index (χ3v) is 4.62. The zero-order chi connectivity index (χ0) is 18.1. The summed E-state index contributed by atoms with van der Waals surface area (Å²) < 4.78 is 17.1. The molecule has 1 aromatic heterocycles. The first-order valence-corrected chi connectivity index (χ1v) is 8.53. The second kappa shape index (κ2) is 6.98. The van der Waals surface area contributed by atoms with Crippen molar-refractivity contribution in [3.8, 4) is 11.5 Å². The van der Waals surface area contributed by atoms with Crippen LogP contribution in [0.25, 0.3) is 11.0 Å². The van der Waals surface area contributed by atoms with Gasteiger partial charge in [-0.2, -0.15) is 0 Å². The number of carbonyl (C=O) groups excluding carboxylic acids is 1. The van der Waals surface area contributed by atoms with Crippen molar-refractivity contribution in [2.45, 2.75) is 6.92 Å². The third-order valence-electron chi connectivity index (χ3n) is 3.83. The summed E-state index contributed by atoms with van der Waals surface area (Å²) in [7, 11) is 3.00. The Morgan fingerprint density at radius 2 is 1.88 bits per heavy atom. The monoisotopic (exact) mass is 423 g/mol. The molecule has 0 aliphatic heterocycles. The minimum atomic E-state index is -0.382. The van der Waals surface area contributed by atoms with Crippen LogP contribution in [0.5, 0.6) is 11.5 Å². The molecular formula is C18H15BrClNO4. The van der Waals surface area contributed by atoms with E-state index in [9.17, 15) is 4.79 Å². The molecule has 25 heavy (non-hydrogen) atoms. The Morgan fingerprint density at radius 1 is 1.16 bits per heavy atom. The lowest BCUT2D eigenvalue weighted by Crippen LogP contribution is -2.13. The molecule has 0 saturated carbocycles. The Kier molecular flexibility index (Phi) is 4.92. The second-order valence-electron chi connectivity index (χ2n) is 5.34. The minimum Gasteiger partial charge on any atom is -0.495 e. The van der Waals surface area contributed by atoms with Crippen LogP contribution in [0.3, 0.4) is 0 Å². The van der Waals surface area contributed by atoms with Crippen molar-refractivity contribution in [1.29, 1.82) is 0 Å². The standard InChI is InChI=1S/C18H15BrClNO4/c1-9-11-6-10(19)4-5-14(11)25-17(9)18(22)21-13-8-15(23-2)12(20)7-16(13)24-3/h4-8H,1-3H3,(H,21,22). The lowest BCUT2D eigenvalue weighted by atomic mass is 10.1. The Balaban J connectivity index is 1.99. The van der Waals surface area contributed by atoms with Crippen LogP contribution in [0.4, 0.5) is 5.69 Å². The van der Waals surface area contributed by atoms with Gasteiger partial charge in [0.2, 0.25) is 0 Å². The molecule has 1 heterocycles. The van der Waals surface area contributed by atoms with Crippen molar-refractivity contribution in [3.63, 3.8) is 0 Å². The molecule has 5 nitrogen and oxygen atoms in total. The van der Waals surface area contributed by atoms with Crippen LogP contribution in [0.2, 0.25) is 5.02 Å². The number of amides is 1. The highest BCUT2D eigenvalue weighted by atomic mass is 79.9. The van der Waals surface area contributed by atoms with Gasteiger partial charge >= 0.3 is 0 Å². The third kappa shape index (κ3) is 3.32. The number of aryl methyl sites for hydroxylation is 1. The Labute approximate surface area is 158 Å². The van der Waals surface area contributed by atoms with Gasteiger partial charge in [0.25, 0.3) is 5.91 Å². The van der Waals surface area contributed by atoms with Gasteiger partial charge in [0.1, 0.15) is 17.1 Å². The minimum absolute atomic E-state index is 0.240. The first-order valence-electron chi connectivity index (χ1n) is 7.36. The molecule has 0 aliphatic rings. The maximum absolute atomic E-state index is 12.7. The van der Waals surface area contributed by atoms with E-state index in [1.165, 1.54) is 14.2 Å². The molecule has 0 unspecified atom stereocenters. The average molecular weight is 425 g/mol. The molecule has 0 radical (unpaired) electrons. The first-order chi connectivity index (χ1) is 11.9. The van der Waals surface area contributed by atoms with E-state index in [-0.39, 0.29) is 11.7 Å². The fourth-order valence-electron chi connectivity index (χ4n) is 2.55. The van der Waals surface area contributed by atoms with E-state index in [1.54, 1.807) is 12.1 Å². The number of hydrogen-bond acceptors (Lipinski definition) is 4. The Morgan fingerprint density at radius 3 is 2.56 bits per heavy atom. The van der Waals surface area contributed by atoms with Gasteiger partial charge in [-0.25, -0.2) is 0 Å². The SMILES string of the molecule is COc1cc(NC(=O)c2oc3ccc(Br)cc3c2C)c(OC)cc1Cl. The number of furan rings is 1. The van der Waals surface area contributed by atoms with E-state index in [4.69, 9.17) is 25.5 Å². The maximum atomic E-state index is 12.7. The summed E-state index contributed by atoms with van der Waals surface area (Å²) >= 11 is 9.51. The van der Waals surface area contributed by atoms with Gasteiger partial charge in [0.15, 0.2) is 5.76 Å². The van der Waals surface area contributed by atoms with E-state index in [0.29, 0.717) is 27.8 Å². The second-order valence-corrected chi connectivity index (χ2v) is 6.66. The molecule has 3 aromatic rings. The number of halogens is 2. The van der Waals surface area contributed by atoms with Crippen LogP contribution in [0.1, 0.15) is 16.1 Å². The maximum Gasteiger partial charge on any atom is 0.291 e. The number of rotatable bonds is 4. The first kappa shape index (κ1) is 17.6. The van der Waals surface area contributed by atoms with E-state index in [0.717, 1.165) is 15.4 Å². The van der Waals surface area contributed by atoms with Crippen LogP contribution < -0.4 is 14.8 Å². The van der Waals surface area contributed by atoms with Gasteiger partial charge in [-0.05, 0) is 25.1 Å². The van der Waals surface area contributed by atoms with Gasteiger partial charge in [0, 0.05) is 27.6 Å². The van der Waals surface area contributed by atoms with Crippen LogP contribution >= 0.6 is 27.5 Å². The number of benzene rings is 2. The van der Waals surface area contributed by atoms with E-state index in [1.807, 2.05) is 25.1 Å². The number of ether oxygens (including phenoxy) is 2. The zero-order valence-electron chi connectivity index (χ0n) is 13.8. The summed E-state index contributed by atoms with van der Waals surface area (Å²) in [4.78, 5) is 12.7. The largest absolute Gasteiger partial charge is 0.495 e. The lowest BCUT2D eigenvalue weighted by Gasteiger charge is -2.12. The highest BCUT2D eigenvalue weighted by Gasteiger charge is 2.20. The zero-order valence-corrected chi connectivity index (χ0v) is 16.1. The molecular weight excluding hydrogens is 410 g/mol. The average Bonchev–Trinajstić information content (AvgIpc) is 2.92. The number of methoxy groups -OCH3 is 2. The molecule has 0 spiro atoms. The molecule has 2 aromatic carbocycles. The smallest absolute Gasteiger partial charge is 0.291 e. The van der Waals surface area contributed by atoms with E-state index < -0.39 is 0 Å². The predicted octanol–water partition coefficient (Wildman–Crippen LogP) is 5.43. The predicted molar refractivity (Wildman–Crippen MR) is 101 cm³/mol. The molecule has 0 atom stereocenters. The van der Waals surface area contributed by atoms with Crippen molar-refractivity contribution in [2.75, 3.05) is 19.5 Å². The van der Waals surface area contributed by atoms with Crippen molar-refractivity contribution in [2.24, 2.45) is 0 Å². The van der Waals surface area contributed by atoms with Gasteiger partial charge in [0.05, 0.1) is 24.9 Å². The molecule has 1 N–H and O–H groups in total. The quantitative estimate of drug-likeness (QED) is 0.607. The topological polar surface area (TPSA) is 60.7 Å². The normalized spacial score (nSPS) is 10.8. The Bertz CT molecular complexity index is 967. The molecule has 3 rings (SSSR count). The van der Waals surface area contributed by atoms with Crippen LogP contribution in [-0.4, -0.2) is 20.1 Å². The number of anilines is 1. The number of carbonyl (C=O) groups is 1. The number of fused-ring (bicyclic) bond motifs is 1. The van der Waals surface area contributed by atoms with Gasteiger partial charge in [-0.15, -0.1) is 0 Å². The molecule has 0 aliphatic carbocycles. The summed E-state index contributed by atoms with van der Waals surface area (Å²) in [6.45, 7) is 1.84. The van der Waals surface area contributed by atoms with E-state index >= 15 is 0 Å². The Hall–Kier alpha value is -2.18. The lowest BCUT2D eigenvalue weighted by molar-refractivity contribution is 0.0997. The number of hydrogen-bond donors (Lipinski definition) is 1. The van der Waals surface area contributed by atoms with Crippen LogP contribution in [-0.2, 0) is 0 Å². The highest BCUT2D eigenvalue weighted by Crippen LogP contribution is 2.36. The molecule has 1 amide bonds. The van der Waals surface area contributed by atoms with Crippen LogP contribution in [0.15, 0.2) is 39.2 Å². The van der Waals surface area contributed by atoms with Crippen molar-refractivity contribution in [3.05, 3.63) is 51.2 Å². The van der Waals surface area contributed by atoms with Crippen molar-refractivity contribution in [1.82, 2.24) is 0 Å². The molecule has 7 heteroatoms. The van der Waals surface area contributed by atoms with Crippen molar-refractivity contribution >= 4 is 50.1 Å². The van der Waals surface area contributed by atoms with Gasteiger partial charge < -0.3 is 19.2 Å². The van der Waals surface area contributed by atoms with Crippen LogP contribution in [0, 0.1) is 6.92 Å². The van der Waals surface area contributed by atoms with Gasteiger partial charge in [-0.3, -0.25) is 4.79 Å². The fourth-order valence-corrected chi connectivity index (χ4v) is 3.14. The van der Waals surface area contributed by atoms with Crippen molar-refractivity contribution < 1.29 is 18.7 Å². The number of nitrogens with one attached hydrogen (secondary N) is 1.